The van der Waals surface area contributed by atoms with Crippen LogP contribution < -0.4 is 11.1 Å². The molecule has 0 aromatic carbocycles. The Morgan fingerprint density at radius 3 is 2.19 bits per heavy atom. The lowest BCUT2D eigenvalue weighted by Crippen LogP contribution is -2.26. The molecule has 0 radical (unpaired) electrons. The summed E-state index contributed by atoms with van der Waals surface area (Å²) in [4.78, 5) is 2.38. The molecule has 0 aliphatic rings. The first kappa shape index (κ1) is 20.1. The zero-order valence-electron chi connectivity index (χ0n) is 13.7. The number of nitrogens with two attached hydrogens (primary N) is 1. The molecule has 0 amide bonds. The highest BCUT2D eigenvalue weighted by Crippen LogP contribution is 2.14. The van der Waals surface area contributed by atoms with E-state index in [0.717, 1.165) is 51.6 Å². The van der Waals surface area contributed by atoms with E-state index in [4.69, 9.17) is 5.73 Å². The second-order valence-electron chi connectivity index (χ2n) is 5.58. The average molecular weight is 293 g/mol. The summed E-state index contributed by atoms with van der Waals surface area (Å²) in [6, 6.07) is 0. The quantitative estimate of drug-likeness (QED) is 0.339. The molecule has 3 nitrogen and oxygen atoms in total. The molecule has 0 spiro atoms. The molecule has 0 fully saturated rings. The molecule has 3 N–H and O–H groups in total. The Morgan fingerprint density at radius 2 is 1.62 bits per heavy atom. The minimum Gasteiger partial charge on any atom is -0.330 e. The van der Waals surface area contributed by atoms with Crippen molar-refractivity contribution in [2.45, 2.75) is 32.1 Å². The SMILES string of the molecule is C=CCNCC(CCCN)CCCCN(CC=C)CC=C. The maximum atomic E-state index is 5.63. The molecule has 122 valence electrons. The number of hydrogen-bond acceptors (Lipinski definition) is 3. The van der Waals surface area contributed by atoms with Crippen LogP contribution in [0.5, 0.6) is 0 Å². The van der Waals surface area contributed by atoms with E-state index in [2.05, 4.69) is 30.0 Å². The van der Waals surface area contributed by atoms with Crippen molar-refractivity contribution in [1.82, 2.24) is 10.2 Å². The van der Waals surface area contributed by atoms with Crippen LogP contribution in [0.1, 0.15) is 32.1 Å². The molecule has 0 saturated carbocycles. The summed E-state index contributed by atoms with van der Waals surface area (Å²) in [6.45, 7) is 17.2. The van der Waals surface area contributed by atoms with Crippen molar-refractivity contribution >= 4 is 0 Å². The first-order valence-corrected chi connectivity index (χ1v) is 8.24. The molecule has 21 heavy (non-hydrogen) atoms. The smallest absolute Gasteiger partial charge is 0.0163 e. The van der Waals surface area contributed by atoms with Gasteiger partial charge in [-0.1, -0.05) is 24.6 Å². The Bertz CT molecular complexity index is 253. The second-order valence-corrected chi connectivity index (χ2v) is 5.58. The molecule has 1 unspecified atom stereocenters. The van der Waals surface area contributed by atoms with E-state index >= 15 is 0 Å². The third kappa shape index (κ3) is 12.5. The van der Waals surface area contributed by atoms with Gasteiger partial charge in [0.2, 0.25) is 0 Å². The largest absolute Gasteiger partial charge is 0.330 e. The molecular formula is C18H35N3. The Morgan fingerprint density at radius 1 is 0.952 bits per heavy atom. The predicted molar refractivity (Wildman–Crippen MR) is 95.5 cm³/mol. The summed E-state index contributed by atoms with van der Waals surface area (Å²) in [5, 5.41) is 3.44. The summed E-state index contributed by atoms with van der Waals surface area (Å²) < 4.78 is 0. The Labute approximate surface area is 132 Å². The van der Waals surface area contributed by atoms with E-state index < -0.39 is 0 Å². The van der Waals surface area contributed by atoms with Crippen molar-refractivity contribution in [1.29, 1.82) is 0 Å². The van der Waals surface area contributed by atoms with Crippen LogP contribution in [0.4, 0.5) is 0 Å². The average Bonchev–Trinajstić information content (AvgIpc) is 2.48. The maximum Gasteiger partial charge on any atom is 0.0163 e. The summed E-state index contributed by atoms with van der Waals surface area (Å²) in [7, 11) is 0. The van der Waals surface area contributed by atoms with E-state index in [1.807, 2.05) is 18.2 Å². The second kappa shape index (κ2) is 15.5. The molecule has 0 aliphatic carbocycles. The molecule has 0 saturated heterocycles. The zero-order chi connectivity index (χ0) is 15.8. The van der Waals surface area contributed by atoms with E-state index in [-0.39, 0.29) is 0 Å². The van der Waals surface area contributed by atoms with Crippen LogP contribution in [0, 0.1) is 5.92 Å². The molecular weight excluding hydrogens is 258 g/mol. The Kier molecular flexibility index (Phi) is 14.8. The van der Waals surface area contributed by atoms with Gasteiger partial charge in [-0.2, -0.15) is 0 Å². The number of unbranched alkanes of at least 4 members (excludes halogenated alkanes) is 1. The summed E-state index contributed by atoms with van der Waals surface area (Å²) in [5.41, 5.74) is 5.63. The first-order valence-electron chi connectivity index (χ1n) is 8.24. The molecule has 0 heterocycles. The van der Waals surface area contributed by atoms with Crippen LogP contribution in [0.2, 0.25) is 0 Å². The van der Waals surface area contributed by atoms with Gasteiger partial charge in [-0.05, 0) is 51.2 Å². The third-order valence-electron chi connectivity index (χ3n) is 3.65. The monoisotopic (exact) mass is 293 g/mol. The van der Waals surface area contributed by atoms with Gasteiger partial charge in [0, 0.05) is 19.6 Å². The lowest BCUT2D eigenvalue weighted by Gasteiger charge is -2.20. The Balaban J connectivity index is 3.89. The molecule has 3 heteroatoms. The third-order valence-corrected chi connectivity index (χ3v) is 3.65. The van der Waals surface area contributed by atoms with Crippen LogP contribution in [0.3, 0.4) is 0 Å². The predicted octanol–water partition coefficient (Wildman–Crippen LogP) is 2.96. The lowest BCUT2D eigenvalue weighted by molar-refractivity contribution is 0.314. The summed E-state index contributed by atoms with van der Waals surface area (Å²) in [6.07, 6.45) is 12.0. The fourth-order valence-electron chi connectivity index (χ4n) is 2.54. The standard InChI is InChI=1S/C18H35N3/c1-4-13-20-17-18(11-9-12-19)10-7-8-16-21(14-5-2)15-6-3/h4-6,18,20H,1-3,7-17,19H2. The number of nitrogens with one attached hydrogen (secondary N) is 1. The Hall–Kier alpha value is -0.900. The van der Waals surface area contributed by atoms with Crippen LogP contribution in [-0.2, 0) is 0 Å². The highest BCUT2D eigenvalue weighted by molar-refractivity contribution is 4.79. The van der Waals surface area contributed by atoms with E-state index in [1.54, 1.807) is 0 Å². The minimum atomic E-state index is 0.737. The van der Waals surface area contributed by atoms with Gasteiger partial charge in [-0.25, -0.2) is 0 Å². The topological polar surface area (TPSA) is 41.3 Å². The molecule has 1 atom stereocenters. The van der Waals surface area contributed by atoms with E-state index in [9.17, 15) is 0 Å². The van der Waals surface area contributed by atoms with Crippen molar-refractivity contribution < 1.29 is 0 Å². The van der Waals surface area contributed by atoms with E-state index in [0.29, 0.717) is 0 Å². The van der Waals surface area contributed by atoms with Crippen molar-refractivity contribution in [3.8, 4) is 0 Å². The van der Waals surface area contributed by atoms with Gasteiger partial charge in [0.1, 0.15) is 0 Å². The molecule has 0 aromatic rings. The zero-order valence-corrected chi connectivity index (χ0v) is 13.7. The van der Waals surface area contributed by atoms with Crippen LogP contribution >= 0.6 is 0 Å². The normalized spacial score (nSPS) is 12.3. The number of nitrogens with zero attached hydrogens (tertiary/aromatic N) is 1. The van der Waals surface area contributed by atoms with Gasteiger partial charge in [0.25, 0.3) is 0 Å². The first-order chi connectivity index (χ1) is 10.3. The van der Waals surface area contributed by atoms with Crippen molar-refractivity contribution in [2.75, 3.05) is 39.3 Å². The van der Waals surface area contributed by atoms with Crippen molar-refractivity contribution in [3.05, 3.63) is 38.0 Å². The van der Waals surface area contributed by atoms with E-state index in [1.165, 1.54) is 25.7 Å². The van der Waals surface area contributed by atoms with Gasteiger partial charge in [-0.3, -0.25) is 4.90 Å². The summed E-state index contributed by atoms with van der Waals surface area (Å²) >= 11 is 0. The lowest BCUT2D eigenvalue weighted by atomic mass is 9.96. The van der Waals surface area contributed by atoms with Gasteiger partial charge in [-0.15, -0.1) is 19.7 Å². The molecule has 0 bridgehead atoms. The number of rotatable bonds is 16. The molecule has 0 rings (SSSR count). The van der Waals surface area contributed by atoms with Gasteiger partial charge < -0.3 is 11.1 Å². The minimum absolute atomic E-state index is 0.737. The van der Waals surface area contributed by atoms with Gasteiger partial charge in [0.05, 0.1) is 0 Å². The fraction of sp³-hybridized carbons (Fsp3) is 0.667. The highest BCUT2D eigenvalue weighted by Gasteiger charge is 2.08. The molecule has 0 aromatic heterocycles. The van der Waals surface area contributed by atoms with Gasteiger partial charge in [0.15, 0.2) is 0 Å². The number of hydrogen-bond donors (Lipinski definition) is 2. The van der Waals surface area contributed by atoms with Crippen molar-refractivity contribution in [3.63, 3.8) is 0 Å². The molecule has 0 aliphatic heterocycles. The fourth-order valence-corrected chi connectivity index (χ4v) is 2.54. The van der Waals surface area contributed by atoms with Crippen LogP contribution in [0.15, 0.2) is 38.0 Å². The van der Waals surface area contributed by atoms with Crippen molar-refractivity contribution in [2.24, 2.45) is 11.7 Å². The summed E-state index contributed by atoms with van der Waals surface area (Å²) in [5.74, 6) is 0.737. The highest BCUT2D eigenvalue weighted by atomic mass is 15.1. The van der Waals surface area contributed by atoms with Gasteiger partial charge >= 0.3 is 0 Å². The van der Waals surface area contributed by atoms with Crippen LogP contribution in [-0.4, -0.2) is 44.2 Å². The maximum absolute atomic E-state index is 5.63. The van der Waals surface area contributed by atoms with Crippen LogP contribution in [0.25, 0.3) is 0 Å².